The van der Waals surface area contributed by atoms with Gasteiger partial charge in [0.25, 0.3) is 0 Å². The summed E-state index contributed by atoms with van der Waals surface area (Å²) in [4.78, 5) is 4.09. The van der Waals surface area contributed by atoms with Crippen molar-refractivity contribution in [1.29, 1.82) is 5.26 Å². The third-order valence-corrected chi connectivity index (χ3v) is 3.09. The minimum absolute atomic E-state index is 0.100. The fraction of sp³-hybridized carbons (Fsp3) is 0.538. The molecule has 0 unspecified atom stereocenters. The summed E-state index contributed by atoms with van der Waals surface area (Å²) in [7, 11) is 0. The molecule has 0 aliphatic carbocycles. The van der Waals surface area contributed by atoms with E-state index in [9.17, 15) is 0 Å². The summed E-state index contributed by atoms with van der Waals surface area (Å²) >= 11 is 5.86. The number of nitriles is 1. The number of aromatic nitrogens is 1. The van der Waals surface area contributed by atoms with Crippen molar-refractivity contribution in [3.8, 4) is 6.07 Å². The molecule has 0 saturated heterocycles. The average molecular weight is 252 g/mol. The predicted octanol–water partition coefficient (Wildman–Crippen LogP) is 3.79. The summed E-state index contributed by atoms with van der Waals surface area (Å²) < 4.78 is 0. The topological polar surface area (TPSA) is 48.7 Å². The van der Waals surface area contributed by atoms with E-state index in [1.165, 1.54) is 0 Å². The highest BCUT2D eigenvalue weighted by Gasteiger charge is 2.17. The number of aryl methyl sites for hydroxylation is 1. The Balaban J connectivity index is 2.55. The molecule has 0 fully saturated rings. The Morgan fingerprint density at radius 2 is 2.24 bits per heavy atom. The highest BCUT2D eigenvalue weighted by molar-refractivity contribution is 6.30. The first-order valence-corrected chi connectivity index (χ1v) is 6.05. The molecule has 0 aliphatic rings. The largest absolute Gasteiger partial charge is 0.383 e. The number of hydrogen-bond donors (Lipinski definition) is 1. The maximum Gasteiger partial charge on any atom is 0.132 e. The Kier molecular flexibility index (Phi) is 4.77. The van der Waals surface area contributed by atoms with Crippen LogP contribution in [0.5, 0.6) is 0 Å². The molecule has 0 spiro atoms. The summed E-state index contributed by atoms with van der Waals surface area (Å²) in [5.41, 5.74) is 2.03. The molecular weight excluding hydrogens is 234 g/mol. The SMILES string of the molecule is Cc1cc(NCC(C)(C)CCC#N)cnc1Cl. The van der Waals surface area contributed by atoms with E-state index in [4.69, 9.17) is 16.9 Å². The zero-order valence-electron chi connectivity index (χ0n) is 10.5. The number of pyridine rings is 1. The second kappa shape index (κ2) is 5.88. The van der Waals surface area contributed by atoms with Crippen molar-refractivity contribution in [2.45, 2.75) is 33.6 Å². The van der Waals surface area contributed by atoms with E-state index in [0.29, 0.717) is 11.6 Å². The van der Waals surface area contributed by atoms with Crippen LogP contribution in [-0.2, 0) is 0 Å². The van der Waals surface area contributed by atoms with Crippen molar-refractivity contribution in [3.63, 3.8) is 0 Å². The van der Waals surface area contributed by atoms with Crippen LogP contribution in [0.25, 0.3) is 0 Å². The number of rotatable bonds is 5. The first-order valence-electron chi connectivity index (χ1n) is 5.67. The van der Waals surface area contributed by atoms with Crippen LogP contribution < -0.4 is 5.32 Å². The summed E-state index contributed by atoms with van der Waals surface area (Å²) in [6.45, 7) is 7.04. The Labute approximate surface area is 108 Å². The smallest absolute Gasteiger partial charge is 0.132 e. The van der Waals surface area contributed by atoms with Crippen LogP contribution in [0, 0.1) is 23.7 Å². The molecule has 0 aliphatic heterocycles. The van der Waals surface area contributed by atoms with Crippen molar-refractivity contribution >= 4 is 17.3 Å². The van der Waals surface area contributed by atoms with Gasteiger partial charge in [-0.15, -0.1) is 0 Å². The van der Waals surface area contributed by atoms with Crippen molar-refractivity contribution in [1.82, 2.24) is 4.98 Å². The van der Waals surface area contributed by atoms with Gasteiger partial charge in [0.1, 0.15) is 5.15 Å². The van der Waals surface area contributed by atoms with E-state index in [0.717, 1.165) is 24.2 Å². The lowest BCUT2D eigenvalue weighted by atomic mass is 9.88. The Bertz CT molecular complexity index is 421. The lowest BCUT2D eigenvalue weighted by Crippen LogP contribution is -2.23. The van der Waals surface area contributed by atoms with E-state index in [2.05, 4.69) is 30.2 Å². The molecule has 1 N–H and O–H groups in total. The first-order chi connectivity index (χ1) is 7.94. The van der Waals surface area contributed by atoms with Crippen molar-refractivity contribution in [3.05, 3.63) is 23.0 Å². The number of halogens is 1. The van der Waals surface area contributed by atoms with Gasteiger partial charge in [0, 0.05) is 13.0 Å². The van der Waals surface area contributed by atoms with Crippen LogP contribution in [0.1, 0.15) is 32.3 Å². The lowest BCUT2D eigenvalue weighted by Gasteiger charge is -2.24. The molecule has 0 saturated carbocycles. The average Bonchev–Trinajstić information content (AvgIpc) is 2.28. The maximum absolute atomic E-state index is 8.59. The lowest BCUT2D eigenvalue weighted by molar-refractivity contribution is 0.364. The molecule has 17 heavy (non-hydrogen) atoms. The van der Waals surface area contributed by atoms with Crippen molar-refractivity contribution in [2.24, 2.45) is 5.41 Å². The first kappa shape index (κ1) is 13.8. The van der Waals surface area contributed by atoms with Gasteiger partial charge in [-0.3, -0.25) is 0 Å². The third-order valence-electron chi connectivity index (χ3n) is 2.70. The van der Waals surface area contributed by atoms with Crippen molar-refractivity contribution < 1.29 is 0 Å². The second-order valence-corrected chi connectivity index (χ2v) is 5.37. The molecule has 1 aromatic heterocycles. The zero-order chi connectivity index (χ0) is 12.9. The fourth-order valence-electron chi connectivity index (χ4n) is 1.48. The molecule has 3 nitrogen and oxygen atoms in total. The molecule has 0 radical (unpaired) electrons. The van der Waals surface area contributed by atoms with Gasteiger partial charge in [-0.1, -0.05) is 25.4 Å². The molecule has 0 amide bonds. The van der Waals surface area contributed by atoms with Gasteiger partial charge >= 0.3 is 0 Å². The second-order valence-electron chi connectivity index (χ2n) is 5.01. The minimum Gasteiger partial charge on any atom is -0.383 e. The quantitative estimate of drug-likeness (QED) is 0.810. The van der Waals surface area contributed by atoms with Crippen LogP contribution >= 0.6 is 11.6 Å². The molecule has 1 rings (SSSR count). The highest BCUT2D eigenvalue weighted by Crippen LogP contribution is 2.23. The number of nitrogens with one attached hydrogen (secondary N) is 1. The molecule has 0 atom stereocenters. The standard InChI is InChI=1S/C13H18ClN3/c1-10-7-11(8-16-12(10)14)17-9-13(2,3)5-4-6-15/h7-8,17H,4-5,9H2,1-3H3. The van der Waals surface area contributed by atoms with Gasteiger partial charge in [-0.05, 0) is 30.4 Å². The summed E-state index contributed by atoms with van der Waals surface area (Å²) in [6.07, 6.45) is 3.21. The summed E-state index contributed by atoms with van der Waals surface area (Å²) in [5, 5.41) is 12.5. The van der Waals surface area contributed by atoms with Gasteiger partial charge in [0.15, 0.2) is 0 Å². The highest BCUT2D eigenvalue weighted by atomic mass is 35.5. The van der Waals surface area contributed by atoms with Gasteiger partial charge in [-0.25, -0.2) is 4.98 Å². The predicted molar refractivity (Wildman–Crippen MR) is 71.1 cm³/mol. The molecule has 92 valence electrons. The van der Waals surface area contributed by atoms with E-state index >= 15 is 0 Å². The van der Waals surface area contributed by atoms with Gasteiger partial charge < -0.3 is 5.32 Å². The number of hydrogen-bond acceptors (Lipinski definition) is 3. The van der Waals surface area contributed by atoms with E-state index in [-0.39, 0.29) is 5.41 Å². The molecule has 0 aromatic carbocycles. The van der Waals surface area contributed by atoms with Crippen LogP contribution in [0.15, 0.2) is 12.3 Å². The zero-order valence-corrected chi connectivity index (χ0v) is 11.3. The Hall–Kier alpha value is -1.27. The Morgan fingerprint density at radius 1 is 1.53 bits per heavy atom. The van der Waals surface area contributed by atoms with Gasteiger partial charge in [-0.2, -0.15) is 5.26 Å². The van der Waals surface area contributed by atoms with Crippen LogP contribution in [0.4, 0.5) is 5.69 Å². The van der Waals surface area contributed by atoms with Gasteiger partial charge in [0.05, 0.1) is 18.0 Å². The van der Waals surface area contributed by atoms with E-state index < -0.39 is 0 Å². The fourth-order valence-corrected chi connectivity index (χ4v) is 1.58. The summed E-state index contributed by atoms with van der Waals surface area (Å²) in [5.74, 6) is 0. The minimum atomic E-state index is 0.100. The monoisotopic (exact) mass is 251 g/mol. The van der Waals surface area contributed by atoms with Crippen molar-refractivity contribution in [2.75, 3.05) is 11.9 Å². The number of anilines is 1. The maximum atomic E-state index is 8.59. The van der Waals surface area contributed by atoms with Gasteiger partial charge in [0.2, 0.25) is 0 Å². The van der Waals surface area contributed by atoms with E-state index in [1.54, 1.807) is 6.20 Å². The van der Waals surface area contributed by atoms with Crippen LogP contribution in [-0.4, -0.2) is 11.5 Å². The molecule has 1 heterocycles. The number of nitrogens with zero attached hydrogens (tertiary/aromatic N) is 2. The molecule has 4 heteroatoms. The molecular formula is C13H18ClN3. The summed E-state index contributed by atoms with van der Waals surface area (Å²) in [6, 6.07) is 4.16. The van der Waals surface area contributed by atoms with Crippen LogP contribution in [0.3, 0.4) is 0 Å². The van der Waals surface area contributed by atoms with E-state index in [1.807, 2.05) is 13.0 Å². The normalized spacial score (nSPS) is 11.0. The third kappa shape index (κ3) is 4.62. The van der Waals surface area contributed by atoms with Crippen LogP contribution in [0.2, 0.25) is 5.15 Å². The molecule has 0 bridgehead atoms. The molecule has 1 aromatic rings. The Morgan fingerprint density at radius 3 is 2.82 bits per heavy atom.